The van der Waals surface area contributed by atoms with Crippen molar-refractivity contribution in [3.8, 4) is 0 Å². The molecule has 0 aliphatic rings. The average molecular weight is 443 g/mol. The van der Waals surface area contributed by atoms with E-state index in [0.717, 1.165) is 38.5 Å². The van der Waals surface area contributed by atoms with Crippen molar-refractivity contribution >= 4 is 12.2 Å². The highest BCUT2D eigenvalue weighted by atomic mass is 14.1. The minimum Gasteiger partial charge on any atom is -0.0985 e. The van der Waals surface area contributed by atoms with Crippen molar-refractivity contribution < 1.29 is 0 Å². The quantitative estimate of drug-likeness (QED) is 0.219. The lowest BCUT2D eigenvalue weighted by Gasteiger charge is -2.07. The van der Waals surface area contributed by atoms with Crippen LogP contribution in [0, 0.1) is 0 Å². The summed E-state index contributed by atoms with van der Waals surface area (Å²) in [5, 5.41) is 0. The number of hydrogen-bond donors (Lipinski definition) is 0. The molecule has 0 nitrogen and oxygen atoms in total. The van der Waals surface area contributed by atoms with Gasteiger partial charge >= 0.3 is 0 Å². The zero-order chi connectivity index (χ0) is 23.6. The van der Waals surface area contributed by atoms with E-state index in [-0.39, 0.29) is 0 Å². The summed E-state index contributed by atoms with van der Waals surface area (Å²) in [7, 11) is 0. The highest BCUT2D eigenvalue weighted by Crippen LogP contribution is 2.15. The maximum absolute atomic E-state index is 3.82. The summed E-state index contributed by atoms with van der Waals surface area (Å²) in [5.74, 6) is 0. The Morgan fingerprint density at radius 2 is 0.500 bits per heavy atom. The Labute approximate surface area is 205 Å². The summed E-state index contributed by atoms with van der Waals surface area (Å²) in [4.78, 5) is 0. The number of benzene rings is 4. The Morgan fingerprint density at radius 1 is 0.324 bits per heavy atom. The average Bonchev–Trinajstić information content (AvgIpc) is 2.91. The molecule has 4 aromatic rings. The topological polar surface area (TPSA) is 0 Å². The summed E-state index contributed by atoms with van der Waals surface area (Å²) in [6.07, 6.45) is 10.2. The first-order chi connectivity index (χ1) is 16.7. The molecule has 4 aromatic carbocycles. The molecular formula is C34H34. The SMILES string of the molecule is C=Cc1ccc(CCc2ccc(CCc3ccc(CCc4ccc(C=C)cc4)cc3)cc2)cc1. The minimum atomic E-state index is 1.07. The summed E-state index contributed by atoms with van der Waals surface area (Å²) >= 11 is 0. The van der Waals surface area contributed by atoms with Crippen LogP contribution < -0.4 is 0 Å². The van der Waals surface area contributed by atoms with Gasteiger partial charge in [0.1, 0.15) is 0 Å². The van der Waals surface area contributed by atoms with E-state index in [1.165, 1.54) is 44.5 Å². The molecule has 4 rings (SSSR count). The lowest BCUT2D eigenvalue weighted by molar-refractivity contribution is 0.932. The van der Waals surface area contributed by atoms with Crippen molar-refractivity contribution in [2.45, 2.75) is 38.5 Å². The van der Waals surface area contributed by atoms with Gasteiger partial charge in [-0.05, 0) is 83.0 Å². The lowest BCUT2D eigenvalue weighted by Crippen LogP contribution is -1.95. The van der Waals surface area contributed by atoms with E-state index < -0.39 is 0 Å². The summed E-state index contributed by atoms with van der Waals surface area (Å²) in [6, 6.07) is 35.7. The van der Waals surface area contributed by atoms with E-state index in [2.05, 4.69) is 110 Å². The molecule has 0 bridgehead atoms. The molecule has 0 atom stereocenters. The monoisotopic (exact) mass is 442 g/mol. The van der Waals surface area contributed by atoms with Crippen LogP contribution in [0.5, 0.6) is 0 Å². The molecule has 0 unspecified atom stereocenters. The van der Waals surface area contributed by atoms with Crippen LogP contribution in [0.25, 0.3) is 12.2 Å². The second-order valence-electron chi connectivity index (χ2n) is 9.02. The molecule has 0 amide bonds. The van der Waals surface area contributed by atoms with Crippen LogP contribution in [-0.2, 0) is 38.5 Å². The van der Waals surface area contributed by atoms with E-state index in [4.69, 9.17) is 0 Å². The number of rotatable bonds is 11. The van der Waals surface area contributed by atoms with Crippen LogP contribution in [0.3, 0.4) is 0 Å². The van der Waals surface area contributed by atoms with Crippen LogP contribution >= 0.6 is 0 Å². The first-order valence-corrected chi connectivity index (χ1v) is 12.3. The van der Waals surface area contributed by atoms with Crippen molar-refractivity contribution in [3.63, 3.8) is 0 Å². The maximum atomic E-state index is 3.82. The van der Waals surface area contributed by atoms with Crippen molar-refractivity contribution in [1.82, 2.24) is 0 Å². The third kappa shape index (κ3) is 6.93. The van der Waals surface area contributed by atoms with Gasteiger partial charge < -0.3 is 0 Å². The van der Waals surface area contributed by atoms with E-state index in [9.17, 15) is 0 Å². The Balaban J connectivity index is 1.21. The fraction of sp³-hybridized carbons (Fsp3) is 0.176. The van der Waals surface area contributed by atoms with Gasteiger partial charge in [-0.1, -0.05) is 122 Å². The number of hydrogen-bond acceptors (Lipinski definition) is 0. The second-order valence-corrected chi connectivity index (χ2v) is 9.02. The molecule has 0 spiro atoms. The van der Waals surface area contributed by atoms with Crippen LogP contribution in [-0.4, -0.2) is 0 Å². The van der Waals surface area contributed by atoms with E-state index >= 15 is 0 Å². The summed E-state index contributed by atoms with van der Waals surface area (Å²) in [6.45, 7) is 7.64. The van der Waals surface area contributed by atoms with Gasteiger partial charge in [-0.15, -0.1) is 0 Å². The zero-order valence-electron chi connectivity index (χ0n) is 20.0. The second kappa shape index (κ2) is 12.0. The van der Waals surface area contributed by atoms with E-state index in [1.54, 1.807) is 0 Å². The van der Waals surface area contributed by atoms with Crippen molar-refractivity contribution in [2.24, 2.45) is 0 Å². The molecule has 0 aliphatic carbocycles. The molecular weight excluding hydrogens is 408 g/mol. The molecule has 0 radical (unpaired) electrons. The number of aryl methyl sites for hydroxylation is 6. The Kier molecular flexibility index (Phi) is 8.30. The van der Waals surface area contributed by atoms with E-state index in [0.29, 0.717) is 0 Å². The minimum absolute atomic E-state index is 1.07. The first kappa shape index (κ1) is 23.5. The molecule has 34 heavy (non-hydrogen) atoms. The van der Waals surface area contributed by atoms with Gasteiger partial charge in [0.05, 0.1) is 0 Å². The predicted molar refractivity (Wildman–Crippen MR) is 148 cm³/mol. The van der Waals surface area contributed by atoms with Gasteiger partial charge in [-0.3, -0.25) is 0 Å². The fourth-order valence-electron chi connectivity index (χ4n) is 4.25. The van der Waals surface area contributed by atoms with Gasteiger partial charge in [-0.25, -0.2) is 0 Å². The van der Waals surface area contributed by atoms with Crippen LogP contribution in [0.4, 0.5) is 0 Å². The van der Waals surface area contributed by atoms with Gasteiger partial charge in [0.15, 0.2) is 0 Å². The molecule has 0 saturated heterocycles. The van der Waals surface area contributed by atoms with E-state index in [1.807, 2.05) is 12.2 Å². The molecule has 170 valence electrons. The van der Waals surface area contributed by atoms with Gasteiger partial charge in [0, 0.05) is 0 Å². The van der Waals surface area contributed by atoms with Gasteiger partial charge in [-0.2, -0.15) is 0 Å². The Bertz CT molecular complexity index is 1080. The van der Waals surface area contributed by atoms with Crippen LogP contribution in [0.15, 0.2) is 110 Å². The van der Waals surface area contributed by atoms with Crippen molar-refractivity contribution in [3.05, 3.63) is 155 Å². The highest BCUT2D eigenvalue weighted by molar-refractivity contribution is 5.48. The maximum Gasteiger partial charge on any atom is -0.0238 e. The highest BCUT2D eigenvalue weighted by Gasteiger charge is 2.01. The predicted octanol–water partition coefficient (Wildman–Crippen LogP) is 8.33. The van der Waals surface area contributed by atoms with Gasteiger partial charge in [0.2, 0.25) is 0 Å². The molecule has 0 aliphatic heterocycles. The molecule has 0 heterocycles. The zero-order valence-corrected chi connectivity index (χ0v) is 20.0. The fourth-order valence-corrected chi connectivity index (χ4v) is 4.25. The largest absolute Gasteiger partial charge is 0.0985 e. The van der Waals surface area contributed by atoms with Gasteiger partial charge in [0.25, 0.3) is 0 Å². The Morgan fingerprint density at radius 3 is 0.676 bits per heavy atom. The molecule has 0 N–H and O–H groups in total. The van der Waals surface area contributed by atoms with Crippen LogP contribution in [0.1, 0.15) is 44.5 Å². The smallest absolute Gasteiger partial charge is 0.0238 e. The molecule has 0 fully saturated rings. The normalized spacial score (nSPS) is 10.7. The lowest BCUT2D eigenvalue weighted by atomic mass is 9.98. The third-order valence-electron chi connectivity index (χ3n) is 6.58. The van der Waals surface area contributed by atoms with Crippen molar-refractivity contribution in [2.75, 3.05) is 0 Å². The first-order valence-electron chi connectivity index (χ1n) is 12.3. The van der Waals surface area contributed by atoms with Crippen LogP contribution in [0.2, 0.25) is 0 Å². The third-order valence-corrected chi connectivity index (χ3v) is 6.58. The Hall–Kier alpha value is -3.64. The van der Waals surface area contributed by atoms with Crippen molar-refractivity contribution in [1.29, 1.82) is 0 Å². The molecule has 0 aromatic heterocycles. The molecule has 0 saturated carbocycles. The molecule has 0 heteroatoms. The standard InChI is InChI=1S/C34H34/c1-3-27-5-9-29(10-6-27)13-15-31-17-21-33(22-18-31)25-26-34-23-19-32(20-24-34)16-14-30-11-7-28(4-2)8-12-30/h3-12,17-24H,1-2,13-16,25-26H2. The summed E-state index contributed by atoms with van der Waals surface area (Å²) in [5.41, 5.74) is 10.7. The summed E-state index contributed by atoms with van der Waals surface area (Å²) < 4.78 is 0.